The Kier molecular flexibility index (Phi) is 7.73. The van der Waals surface area contributed by atoms with Crippen LogP contribution in [0.2, 0.25) is 0 Å². The van der Waals surface area contributed by atoms with Crippen molar-refractivity contribution in [1.29, 1.82) is 0 Å². The average molecular weight is 436 g/mol. The predicted molar refractivity (Wildman–Crippen MR) is 132 cm³/mol. The van der Waals surface area contributed by atoms with E-state index >= 15 is 0 Å². The molecule has 2 N–H and O–H groups in total. The van der Waals surface area contributed by atoms with Crippen LogP contribution < -0.4 is 10.9 Å². The van der Waals surface area contributed by atoms with Crippen molar-refractivity contribution in [3.8, 4) is 0 Å². The standard InChI is InChI=1S/C27H37N3O2/c1-27(2,3)21-12-9-19(10-13-21)23(18-22-14-16-25(31)28-22)24-15-11-20(26(32)29-24)8-6-7-17-30(4)5/h9-13,15,18,22H,6-8,14,16-17H2,1-5H3,(H,28,31)(H,29,32)/b23-18+/t22-/m1/s1. The van der Waals surface area contributed by atoms with Crippen molar-refractivity contribution < 1.29 is 4.79 Å². The van der Waals surface area contributed by atoms with Gasteiger partial charge < -0.3 is 15.2 Å². The van der Waals surface area contributed by atoms with E-state index in [0.29, 0.717) is 6.42 Å². The molecule has 0 saturated carbocycles. The summed E-state index contributed by atoms with van der Waals surface area (Å²) < 4.78 is 0. The van der Waals surface area contributed by atoms with E-state index in [1.54, 1.807) is 0 Å². The molecule has 5 nitrogen and oxygen atoms in total. The number of pyridine rings is 1. The van der Waals surface area contributed by atoms with Crippen LogP contribution in [0.3, 0.4) is 0 Å². The van der Waals surface area contributed by atoms with Crippen LogP contribution in [0.5, 0.6) is 0 Å². The summed E-state index contributed by atoms with van der Waals surface area (Å²) in [5.41, 5.74) is 4.91. The number of unbranched alkanes of at least 4 members (excludes halogenated alkanes) is 1. The number of hydrogen-bond acceptors (Lipinski definition) is 3. The number of carbonyl (C=O) groups is 1. The summed E-state index contributed by atoms with van der Waals surface area (Å²) >= 11 is 0. The number of carbonyl (C=O) groups excluding carboxylic acids is 1. The predicted octanol–water partition coefficient (Wildman–Crippen LogP) is 4.27. The number of aromatic nitrogens is 1. The van der Waals surface area contributed by atoms with Gasteiger partial charge in [-0.3, -0.25) is 9.59 Å². The molecule has 1 aliphatic rings. The zero-order valence-corrected chi connectivity index (χ0v) is 20.1. The number of nitrogens with zero attached hydrogens (tertiary/aromatic N) is 1. The van der Waals surface area contributed by atoms with Gasteiger partial charge in [-0.1, -0.05) is 57.2 Å². The average Bonchev–Trinajstić information content (AvgIpc) is 3.14. The third kappa shape index (κ3) is 6.42. The summed E-state index contributed by atoms with van der Waals surface area (Å²) in [6.07, 6.45) is 6.24. The van der Waals surface area contributed by atoms with Crippen molar-refractivity contribution in [2.45, 2.75) is 64.3 Å². The lowest BCUT2D eigenvalue weighted by molar-refractivity contribution is -0.119. The topological polar surface area (TPSA) is 65.2 Å². The Morgan fingerprint density at radius 1 is 1.06 bits per heavy atom. The lowest BCUT2D eigenvalue weighted by Crippen LogP contribution is -2.24. The van der Waals surface area contributed by atoms with Gasteiger partial charge in [-0.25, -0.2) is 0 Å². The molecule has 0 radical (unpaired) electrons. The van der Waals surface area contributed by atoms with Gasteiger partial charge in [-0.15, -0.1) is 0 Å². The minimum absolute atomic E-state index is 0.0194. The molecule has 32 heavy (non-hydrogen) atoms. The Hall–Kier alpha value is -2.66. The molecule has 5 heteroatoms. The second-order valence-electron chi connectivity index (χ2n) is 10.1. The van der Waals surface area contributed by atoms with Gasteiger partial charge in [0.1, 0.15) is 0 Å². The van der Waals surface area contributed by atoms with Gasteiger partial charge in [0.25, 0.3) is 5.56 Å². The number of hydrogen-bond donors (Lipinski definition) is 2. The Bertz CT molecular complexity index is 1010. The molecule has 0 spiro atoms. The minimum atomic E-state index is -0.0278. The molecule has 1 aliphatic heterocycles. The first-order valence-corrected chi connectivity index (χ1v) is 11.6. The molecule has 1 atom stereocenters. The Morgan fingerprint density at radius 2 is 1.78 bits per heavy atom. The second-order valence-corrected chi connectivity index (χ2v) is 10.1. The van der Waals surface area contributed by atoms with Crippen molar-refractivity contribution in [2.24, 2.45) is 0 Å². The van der Waals surface area contributed by atoms with Crippen molar-refractivity contribution in [3.05, 3.63) is 75.2 Å². The van der Waals surface area contributed by atoms with Crippen LogP contribution in [-0.4, -0.2) is 42.5 Å². The maximum atomic E-state index is 12.8. The number of nitrogens with one attached hydrogen (secondary N) is 2. The maximum Gasteiger partial charge on any atom is 0.251 e. The molecule has 1 aromatic carbocycles. The monoisotopic (exact) mass is 435 g/mol. The molecule has 1 aromatic heterocycles. The third-order valence-corrected chi connectivity index (χ3v) is 6.04. The normalized spacial score (nSPS) is 17.1. The molecule has 1 fully saturated rings. The lowest BCUT2D eigenvalue weighted by atomic mass is 9.86. The first-order chi connectivity index (χ1) is 15.1. The summed E-state index contributed by atoms with van der Waals surface area (Å²) in [6.45, 7) is 7.62. The van der Waals surface area contributed by atoms with Gasteiger partial charge in [-0.2, -0.15) is 0 Å². The molecule has 1 saturated heterocycles. The van der Waals surface area contributed by atoms with Gasteiger partial charge in [0.05, 0.1) is 0 Å². The fourth-order valence-corrected chi connectivity index (χ4v) is 4.06. The van der Waals surface area contributed by atoms with E-state index in [-0.39, 0.29) is 22.9 Å². The van der Waals surface area contributed by atoms with Crippen LogP contribution in [0.4, 0.5) is 0 Å². The highest BCUT2D eigenvalue weighted by atomic mass is 16.2. The van der Waals surface area contributed by atoms with Crippen LogP contribution in [0.15, 0.2) is 47.3 Å². The molecule has 0 unspecified atom stereocenters. The van der Waals surface area contributed by atoms with Crippen molar-refractivity contribution in [2.75, 3.05) is 20.6 Å². The number of benzene rings is 1. The first-order valence-electron chi connectivity index (χ1n) is 11.6. The summed E-state index contributed by atoms with van der Waals surface area (Å²) in [5, 5.41) is 3.02. The van der Waals surface area contributed by atoms with Gasteiger partial charge in [0, 0.05) is 29.3 Å². The van der Waals surface area contributed by atoms with E-state index in [0.717, 1.165) is 54.6 Å². The summed E-state index contributed by atoms with van der Waals surface area (Å²) in [5.74, 6) is 0.0789. The highest BCUT2D eigenvalue weighted by Crippen LogP contribution is 2.28. The van der Waals surface area contributed by atoms with E-state index in [9.17, 15) is 9.59 Å². The summed E-state index contributed by atoms with van der Waals surface area (Å²) in [6, 6.07) is 12.4. The van der Waals surface area contributed by atoms with Crippen molar-refractivity contribution in [1.82, 2.24) is 15.2 Å². The quantitative estimate of drug-likeness (QED) is 0.609. The molecule has 0 bridgehead atoms. The fourth-order valence-electron chi connectivity index (χ4n) is 4.06. The molecular formula is C27H37N3O2. The maximum absolute atomic E-state index is 12.8. The Morgan fingerprint density at radius 3 is 2.34 bits per heavy atom. The molecule has 3 rings (SSSR count). The minimum Gasteiger partial charge on any atom is -0.350 e. The lowest BCUT2D eigenvalue weighted by Gasteiger charge is -2.20. The number of aromatic amines is 1. The number of H-pyrrole nitrogens is 1. The first kappa shape index (κ1) is 24.0. The third-order valence-electron chi connectivity index (χ3n) is 6.04. The van der Waals surface area contributed by atoms with Crippen molar-refractivity contribution in [3.63, 3.8) is 0 Å². The van der Waals surface area contributed by atoms with Crippen LogP contribution in [-0.2, 0) is 16.6 Å². The molecule has 2 aromatic rings. The molecule has 2 heterocycles. The summed E-state index contributed by atoms with van der Waals surface area (Å²) in [7, 11) is 4.13. The zero-order chi connectivity index (χ0) is 23.3. The molecular weight excluding hydrogens is 398 g/mol. The van der Waals surface area contributed by atoms with Crippen LogP contribution in [0.25, 0.3) is 5.57 Å². The SMILES string of the molecule is CN(C)CCCCc1ccc(/C(=C/[C@H]2CCC(=O)N2)c2ccc(C(C)(C)C)cc2)[nH]c1=O. The van der Waals surface area contributed by atoms with E-state index in [2.05, 4.69) is 80.4 Å². The molecule has 0 aliphatic carbocycles. The van der Waals surface area contributed by atoms with E-state index in [4.69, 9.17) is 0 Å². The smallest absolute Gasteiger partial charge is 0.251 e. The van der Waals surface area contributed by atoms with E-state index < -0.39 is 0 Å². The van der Waals surface area contributed by atoms with Crippen LogP contribution in [0.1, 0.15) is 68.8 Å². The van der Waals surface area contributed by atoms with Gasteiger partial charge in [-0.05, 0) is 68.9 Å². The second kappa shape index (κ2) is 10.3. The highest BCUT2D eigenvalue weighted by molar-refractivity contribution is 5.82. The van der Waals surface area contributed by atoms with Crippen LogP contribution >= 0.6 is 0 Å². The zero-order valence-electron chi connectivity index (χ0n) is 20.1. The van der Waals surface area contributed by atoms with E-state index in [1.807, 2.05) is 12.1 Å². The van der Waals surface area contributed by atoms with Gasteiger partial charge >= 0.3 is 0 Å². The fraction of sp³-hybridized carbons (Fsp3) is 0.481. The Labute approximate surface area is 191 Å². The highest BCUT2D eigenvalue weighted by Gasteiger charge is 2.21. The van der Waals surface area contributed by atoms with Crippen molar-refractivity contribution >= 4 is 11.5 Å². The summed E-state index contributed by atoms with van der Waals surface area (Å²) in [4.78, 5) is 29.8. The van der Waals surface area contributed by atoms with E-state index in [1.165, 1.54) is 5.56 Å². The number of rotatable bonds is 8. The molecule has 1 amide bonds. The number of aryl methyl sites for hydroxylation is 1. The van der Waals surface area contributed by atoms with Gasteiger partial charge in [0.15, 0.2) is 0 Å². The Balaban J connectivity index is 1.88. The number of amides is 1. The van der Waals surface area contributed by atoms with Gasteiger partial charge in [0.2, 0.25) is 5.91 Å². The van der Waals surface area contributed by atoms with Crippen LogP contribution in [0, 0.1) is 0 Å². The molecule has 172 valence electrons. The largest absolute Gasteiger partial charge is 0.350 e.